The molecule has 224 valence electrons. The second-order valence-electron chi connectivity index (χ2n) is 12.3. The van der Waals surface area contributed by atoms with E-state index in [1.165, 1.54) is 0 Å². The summed E-state index contributed by atoms with van der Waals surface area (Å²) < 4.78 is 4.78. The molecule has 9 nitrogen and oxygen atoms in total. The smallest absolute Gasteiger partial charge is 0.247 e. The fourth-order valence-electron chi connectivity index (χ4n) is 7.48. The molecule has 0 aromatic heterocycles. The number of aliphatic hydroxyl groups excluding tert-OH is 1. The summed E-state index contributed by atoms with van der Waals surface area (Å²) in [6.45, 7) is 18.8. The highest BCUT2D eigenvalue weighted by molar-refractivity contribution is 8.02. The van der Waals surface area contributed by atoms with Crippen LogP contribution in [-0.4, -0.2) is 131 Å². The van der Waals surface area contributed by atoms with E-state index in [0.717, 1.165) is 19.5 Å². The molecule has 4 aliphatic heterocycles. The third-order valence-electron chi connectivity index (χ3n) is 9.28. The summed E-state index contributed by atoms with van der Waals surface area (Å²) in [5.41, 5.74) is 0. The number of carbonyl (C=O) groups excluding carboxylic acids is 3. The number of likely N-dealkylation sites (tertiary alicyclic amines) is 1. The first-order valence-corrected chi connectivity index (χ1v) is 15.7. The number of likely N-dealkylation sites (N-methyl/N-ethyl adjacent to an activating group) is 1. The summed E-state index contributed by atoms with van der Waals surface area (Å²) in [5, 5.41) is 10.5. The highest BCUT2D eigenvalue weighted by Crippen LogP contribution is 2.69. The standard InChI is InChI=1S/C30H48N4O5S/c1-7-9-31(6)27(36)24-23-18-21(5)30(40-23)25(24)28(37)34(22(19-35)17-20(3)4)26(30)29(38)33(10-8-2)12-11-32-13-15-39-16-14-32/h7-8,20-26,35H,1-2,9-19H2,3-6H3/t21?,22-,23+,24-,25+,26?,30?/m1/s1. The first-order valence-electron chi connectivity index (χ1n) is 14.8. The summed E-state index contributed by atoms with van der Waals surface area (Å²) in [6, 6.07) is -1.22. The summed E-state index contributed by atoms with van der Waals surface area (Å²) in [4.78, 5) is 50.4. The predicted octanol–water partition coefficient (Wildman–Crippen LogP) is 1.72. The van der Waals surface area contributed by atoms with Crippen LogP contribution in [0.15, 0.2) is 25.3 Å². The fraction of sp³-hybridized carbons (Fsp3) is 0.767. The van der Waals surface area contributed by atoms with Crippen LogP contribution in [-0.2, 0) is 19.1 Å². The molecule has 3 unspecified atom stereocenters. The third-order valence-corrected chi connectivity index (χ3v) is 11.4. The molecular formula is C30H48N4O5S. The minimum atomic E-state index is -0.738. The molecule has 4 rings (SSSR count). The summed E-state index contributed by atoms with van der Waals surface area (Å²) in [7, 11) is 1.75. The molecule has 3 amide bonds. The molecule has 4 heterocycles. The molecule has 0 aromatic rings. The number of fused-ring (bicyclic) bond motifs is 1. The molecule has 40 heavy (non-hydrogen) atoms. The molecular weight excluding hydrogens is 528 g/mol. The Hall–Kier alpha value is -1.88. The van der Waals surface area contributed by atoms with Crippen LogP contribution in [0.4, 0.5) is 0 Å². The van der Waals surface area contributed by atoms with E-state index in [0.29, 0.717) is 45.8 Å². The van der Waals surface area contributed by atoms with Crippen LogP contribution in [0.3, 0.4) is 0 Å². The number of hydrogen-bond donors (Lipinski definition) is 1. The van der Waals surface area contributed by atoms with Gasteiger partial charge in [-0.3, -0.25) is 19.3 Å². The summed E-state index contributed by atoms with van der Waals surface area (Å²) in [6.07, 6.45) is 4.80. The Bertz CT molecular complexity index is 972. The van der Waals surface area contributed by atoms with Gasteiger partial charge in [0.05, 0.1) is 42.4 Å². The molecule has 4 saturated heterocycles. The first-order chi connectivity index (χ1) is 19.1. The van der Waals surface area contributed by atoms with Crippen molar-refractivity contribution >= 4 is 29.5 Å². The molecule has 4 fully saturated rings. The lowest BCUT2D eigenvalue weighted by Crippen LogP contribution is -2.60. The van der Waals surface area contributed by atoms with Crippen molar-refractivity contribution in [3.05, 3.63) is 25.3 Å². The van der Waals surface area contributed by atoms with Crippen molar-refractivity contribution < 1.29 is 24.2 Å². The molecule has 0 saturated carbocycles. The maximum atomic E-state index is 14.7. The van der Waals surface area contributed by atoms with Crippen molar-refractivity contribution in [2.75, 3.05) is 66.1 Å². The average Bonchev–Trinajstić information content (AvgIpc) is 3.53. The lowest BCUT2D eigenvalue weighted by atomic mass is 9.65. The second-order valence-corrected chi connectivity index (χ2v) is 13.8. The van der Waals surface area contributed by atoms with Crippen LogP contribution in [0.2, 0.25) is 0 Å². The van der Waals surface area contributed by atoms with Gasteiger partial charge in [0.25, 0.3) is 0 Å². The van der Waals surface area contributed by atoms with Gasteiger partial charge in [0.1, 0.15) is 6.04 Å². The minimum absolute atomic E-state index is 0.0138. The maximum absolute atomic E-state index is 14.7. The molecule has 2 bridgehead atoms. The van der Waals surface area contributed by atoms with Crippen LogP contribution < -0.4 is 0 Å². The Labute approximate surface area is 243 Å². The fourth-order valence-corrected chi connectivity index (χ4v) is 9.88. The molecule has 0 radical (unpaired) electrons. The number of carbonyl (C=O) groups is 3. The van der Waals surface area contributed by atoms with Gasteiger partial charge in [0.15, 0.2) is 0 Å². The normalized spacial score (nSPS) is 32.3. The van der Waals surface area contributed by atoms with E-state index in [9.17, 15) is 19.5 Å². The SMILES string of the molecule is C=CCN(C)C(=O)[C@@H]1[C@@H]2CC(C)C3(S2)C(C(=O)N(CC=C)CCN2CCOCC2)N([C@@H](CO)CC(C)C)C(=O)[C@H]13. The zero-order chi connectivity index (χ0) is 29.2. The Morgan fingerprint density at radius 2 is 1.88 bits per heavy atom. The van der Waals surface area contributed by atoms with E-state index >= 15 is 0 Å². The van der Waals surface area contributed by atoms with Gasteiger partial charge in [-0.2, -0.15) is 0 Å². The van der Waals surface area contributed by atoms with E-state index in [-0.39, 0.29) is 41.4 Å². The monoisotopic (exact) mass is 576 g/mol. The van der Waals surface area contributed by atoms with Crippen LogP contribution in [0, 0.1) is 23.7 Å². The van der Waals surface area contributed by atoms with Gasteiger partial charge in [-0.25, -0.2) is 0 Å². The first kappa shape index (κ1) is 31.1. The number of aliphatic hydroxyl groups is 1. The van der Waals surface area contributed by atoms with Crippen molar-refractivity contribution in [2.45, 2.75) is 55.7 Å². The van der Waals surface area contributed by atoms with Gasteiger partial charge >= 0.3 is 0 Å². The highest BCUT2D eigenvalue weighted by atomic mass is 32.2. The molecule has 0 aliphatic carbocycles. The molecule has 1 spiro atoms. The van der Waals surface area contributed by atoms with Crippen LogP contribution in [0.1, 0.15) is 33.6 Å². The van der Waals surface area contributed by atoms with Crippen molar-refractivity contribution in [1.29, 1.82) is 0 Å². The van der Waals surface area contributed by atoms with Crippen molar-refractivity contribution in [1.82, 2.24) is 19.6 Å². The zero-order valence-corrected chi connectivity index (χ0v) is 25.5. The lowest BCUT2D eigenvalue weighted by Gasteiger charge is -2.42. The number of hydrogen-bond acceptors (Lipinski definition) is 7. The number of nitrogens with zero attached hydrogens (tertiary/aromatic N) is 4. The van der Waals surface area contributed by atoms with Crippen molar-refractivity contribution in [2.24, 2.45) is 23.7 Å². The summed E-state index contributed by atoms with van der Waals surface area (Å²) >= 11 is 1.68. The molecule has 0 aromatic carbocycles. The van der Waals surface area contributed by atoms with E-state index in [2.05, 4.69) is 38.8 Å². The van der Waals surface area contributed by atoms with Crippen LogP contribution in [0.25, 0.3) is 0 Å². The van der Waals surface area contributed by atoms with E-state index in [1.807, 2.05) is 4.90 Å². The number of rotatable bonds is 13. The zero-order valence-electron chi connectivity index (χ0n) is 24.7. The predicted molar refractivity (Wildman–Crippen MR) is 158 cm³/mol. The molecule has 10 heteroatoms. The van der Waals surface area contributed by atoms with Gasteiger partial charge in [-0.05, 0) is 24.7 Å². The Morgan fingerprint density at radius 3 is 2.48 bits per heavy atom. The molecule has 7 atom stereocenters. The lowest BCUT2D eigenvalue weighted by molar-refractivity contribution is -0.147. The van der Waals surface area contributed by atoms with Gasteiger partial charge in [-0.1, -0.05) is 32.9 Å². The Morgan fingerprint density at radius 1 is 1.20 bits per heavy atom. The van der Waals surface area contributed by atoms with Gasteiger partial charge < -0.3 is 24.5 Å². The minimum Gasteiger partial charge on any atom is -0.394 e. The van der Waals surface area contributed by atoms with E-state index in [1.54, 1.807) is 40.8 Å². The highest BCUT2D eigenvalue weighted by Gasteiger charge is 2.76. The Balaban J connectivity index is 1.73. The number of morpholine rings is 1. The molecule has 4 aliphatic rings. The summed E-state index contributed by atoms with van der Waals surface area (Å²) in [5.74, 6) is -1.09. The van der Waals surface area contributed by atoms with Crippen LogP contribution >= 0.6 is 11.8 Å². The third kappa shape index (κ3) is 5.49. The van der Waals surface area contributed by atoms with Gasteiger partial charge in [0.2, 0.25) is 17.7 Å². The molecule has 1 N–H and O–H groups in total. The second kappa shape index (κ2) is 13.0. The van der Waals surface area contributed by atoms with Crippen molar-refractivity contribution in [3.63, 3.8) is 0 Å². The van der Waals surface area contributed by atoms with Gasteiger partial charge in [0, 0.05) is 51.6 Å². The number of amides is 3. The Kier molecular flexibility index (Phi) is 10.1. The van der Waals surface area contributed by atoms with E-state index < -0.39 is 28.7 Å². The largest absolute Gasteiger partial charge is 0.394 e. The topological polar surface area (TPSA) is 93.6 Å². The quantitative estimate of drug-likeness (QED) is 0.334. The average molecular weight is 577 g/mol. The van der Waals surface area contributed by atoms with Crippen molar-refractivity contribution in [3.8, 4) is 0 Å². The maximum Gasteiger partial charge on any atom is 0.247 e. The van der Waals surface area contributed by atoms with Gasteiger partial charge in [-0.15, -0.1) is 24.9 Å². The number of ether oxygens (including phenoxy) is 1. The van der Waals surface area contributed by atoms with E-state index in [4.69, 9.17) is 4.74 Å². The number of thioether (sulfide) groups is 1. The van der Waals surface area contributed by atoms with Crippen LogP contribution in [0.5, 0.6) is 0 Å².